The molecule has 1 amide bonds. The number of non-ortho nitro benzene ring substituents is 1. The lowest BCUT2D eigenvalue weighted by Crippen LogP contribution is -2.25. The average Bonchev–Trinajstić information content (AvgIpc) is 3.14. The fraction of sp³-hybridized carbons (Fsp3) is 0.312. The zero-order valence-corrected chi connectivity index (χ0v) is 14.1. The Hall–Kier alpha value is -2.74. The van der Waals surface area contributed by atoms with Gasteiger partial charge in [0.05, 0.1) is 22.1 Å². The Bertz CT molecular complexity index is 808. The number of nitrogens with zero attached hydrogens (tertiary/aromatic N) is 4. The fourth-order valence-corrected chi connectivity index (χ4v) is 2.91. The van der Waals surface area contributed by atoms with Crippen LogP contribution in [0.15, 0.2) is 30.5 Å². The van der Waals surface area contributed by atoms with Crippen molar-refractivity contribution in [3.05, 3.63) is 57.0 Å². The van der Waals surface area contributed by atoms with Crippen LogP contribution < -0.4 is 10.2 Å². The number of carbonyl (C=O) groups excluding carboxylic acids is 1. The predicted octanol–water partition coefficient (Wildman–Crippen LogP) is 2.57. The molecule has 1 N–H and O–H groups in total. The van der Waals surface area contributed by atoms with Crippen molar-refractivity contribution in [3.8, 4) is 0 Å². The van der Waals surface area contributed by atoms with Gasteiger partial charge >= 0.3 is 0 Å². The van der Waals surface area contributed by atoms with Crippen molar-refractivity contribution in [2.24, 2.45) is 0 Å². The molecule has 3 rings (SSSR count). The van der Waals surface area contributed by atoms with Gasteiger partial charge in [-0.25, -0.2) is 9.97 Å². The molecular weight excluding hydrogens is 346 g/mol. The first-order chi connectivity index (χ1) is 12.0. The predicted molar refractivity (Wildman–Crippen MR) is 92.8 cm³/mol. The second kappa shape index (κ2) is 7.43. The second-order valence-corrected chi connectivity index (χ2v) is 6.04. The number of nitro benzene ring substituents is 1. The maximum absolute atomic E-state index is 12.2. The lowest BCUT2D eigenvalue weighted by atomic mass is 10.2. The van der Waals surface area contributed by atoms with E-state index in [1.54, 1.807) is 6.20 Å². The Kier molecular flexibility index (Phi) is 5.08. The van der Waals surface area contributed by atoms with Crippen LogP contribution in [0.2, 0.25) is 5.02 Å². The van der Waals surface area contributed by atoms with E-state index in [4.69, 9.17) is 11.6 Å². The van der Waals surface area contributed by atoms with Gasteiger partial charge in [-0.15, -0.1) is 0 Å². The number of hydrogen-bond acceptors (Lipinski definition) is 6. The summed E-state index contributed by atoms with van der Waals surface area (Å²) in [5, 5.41) is 13.4. The molecular formula is C16H16ClN5O3. The monoisotopic (exact) mass is 361 g/mol. The number of carbonyl (C=O) groups is 1. The van der Waals surface area contributed by atoms with Gasteiger partial charge in [0.1, 0.15) is 11.6 Å². The van der Waals surface area contributed by atoms with Crippen LogP contribution in [0.5, 0.6) is 0 Å². The third-order valence-electron chi connectivity index (χ3n) is 3.94. The summed E-state index contributed by atoms with van der Waals surface area (Å²) < 4.78 is 0. The van der Waals surface area contributed by atoms with E-state index < -0.39 is 10.8 Å². The highest BCUT2D eigenvalue weighted by Gasteiger charge is 2.16. The van der Waals surface area contributed by atoms with Crippen molar-refractivity contribution in [3.63, 3.8) is 0 Å². The van der Waals surface area contributed by atoms with Crippen LogP contribution in [0.4, 0.5) is 11.5 Å². The summed E-state index contributed by atoms with van der Waals surface area (Å²) in [6.45, 7) is 2.09. The van der Waals surface area contributed by atoms with E-state index in [1.165, 1.54) is 12.1 Å². The van der Waals surface area contributed by atoms with E-state index in [0.29, 0.717) is 5.82 Å². The van der Waals surface area contributed by atoms with E-state index in [0.717, 1.165) is 37.8 Å². The van der Waals surface area contributed by atoms with Crippen molar-refractivity contribution in [2.45, 2.75) is 19.4 Å². The molecule has 1 fully saturated rings. The van der Waals surface area contributed by atoms with Crippen LogP contribution >= 0.6 is 11.6 Å². The molecule has 2 heterocycles. The molecule has 0 saturated carbocycles. The molecule has 0 radical (unpaired) electrons. The van der Waals surface area contributed by atoms with Gasteiger partial charge in [-0.05, 0) is 25.0 Å². The van der Waals surface area contributed by atoms with Crippen molar-refractivity contribution in [1.29, 1.82) is 0 Å². The molecule has 1 aliphatic rings. The van der Waals surface area contributed by atoms with Gasteiger partial charge in [0, 0.05) is 31.4 Å². The van der Waals surface area contributed by atoms with Crippen molar-refractivity contribution < 1.29 is 9.72 Å². The van der Waals surface area contributed by atoms with Crippen LogP contribution in [0, 0.1) is 10.1 Å². The highest BCUT2D eigenvalue weighted by Crippen LogP contribution is 2.22. The largest absolute Gasteiger partial charge is 0.357 e. The van der Waals surface area contributed by atoms with Crippen LogP contribution in [-0.2, 0) is 6.54 Å². The van der Waals surface area contributed by atoms with Crippen LogP contribution in [-0.4, -0.2) is 33.9 Å². The Balaban J connectivity index is 1.66. The van der Waals surface area contributed by atoms with Gasteiger partial charge < -0.3 is 10.2 Å². The van der Waals surface area contributed by atoms with Gasteiger partial charge in [0.25, 0.3) is 11.6 Å². The molecule has 0 unspecified atom stereocenters. The molecule has 1 aromatic heterocycles. The molecule has 0 bridgehead atoms. The first-order valence-electron chi connectivity index (χ1n) is 7.83. The molecule has 1 saturated heterocycles. The number of amides is 1. The number of nitrogens with one attached hydrogen (secondary N) is 1. The van der Waals surface area contributed by atoms with E-state index in [-0.39, 0.29) is 22.8 Å². The number of halogens is 1. The standard InChI is InChI=1S/C16H16ClN5O3/c17-13-9-11(22(24)25)3-4-12(13)16(23)19-10-14-18-6-5-15(20-14)21-7-1-2-8-21/h3-6,9H,1-2,7-8,10H2,(H,19,23). The zero-order chi connectivity index (χ0) is 17.8. The van der Waals surface area contributed by atoms with Crippen LogP contribution in [0.3, 0.4) is 0 Å². The maximum Gasteiger partial charge on any atom is 0.270 e. The lowest BCUT2D eigenvalue weighted by Gasteiger charge is -2.16. The molecule has 130 valence electrons. The molecule has 1 aliphatic heterocycles. The third kappa shape index (κ3) is 4.03. The summed E-state index contributed by atoms with van der Waals surface area (Å²) in [6.07, 6.45) is 3.96. The second-order valence-electron chi connectivity index (χ2n) is 5.63. The van der Waals surface area contributed by atoms with Gasteiger partial charge in [-0.2, -0.15) is 0 Å². The molecule has 0 atom stereocenters. The minimum Gasteiger partial charge on any atom is -0.357 e. The molecule has 0 aliphatic carbocycles. The van der Waals surface area contributed by atoms with Gasteiger partial charge in [0.15, 0.2) is 0 Å². The van der Waals surface area contributed by atoms with Gasteiger partial charge in [-0.1, -0.05) is 11.6 Å². The Morgan fingerprint density at radius 1 is 1.32 bits per heavy atom. The Labute approximate surface area is 149 Å². The summed E-state index contributed by atoms with van der Waals surface area (Å²) in [7, 11) is 0. The van der Waals surface area contributed by atoms with E-state index in [1.807, 2.05) is 6.07 Å². The Morgan fingerprint density at radius 3 is 2.76 bits per heavy atom. The van der Waals surface area contributed by atoms with E-state index in [9.17, 15) is 14.9 Å². The van der Waals surface area contributed by atoms with Crippen LogP contribution in [0.25, 0.3) is 0 Å². The van der Waals surface area contributed by atoms with Crippen LogP contribution in [0.1, 0.15) is 29.0 Å². The van der Waals surface area contributed by atoms with Gasteiger partial charge in [0.2, 0.25) is 0 Å². The summed E-state index contributed by atoms with van der Waals surface area (Å²) in [5.74, 6) is 0.913. The molecule has 1 aromatic carbocycles. The quantitative estimate of drug-likeness (QED) is 0.648. The highest BCUT2D eigenvalue weighted by atomic mass is 35.5. The van der Waals surface area contributed by atoms with Crippen molar-refractivity contribution in [1.82, 2.24) is 15.3 Å². The number of anilines is 1. The van der Waals surface area contributed by atoms with Crippen molar-refractivity contribution >= 4 is 29.0 Å². The average molecular weight is 362 g/mol. The number of aromatic nitrogens is 2. The SMILES string of the molecule is O=C(NCc1nccc(N2CCCC2)n1)c1ccc([N+](=O)[O-])cc1Cl. The smallest absolute Gasteiger partial charge is 0.270 e. The fourth-order valence-electron chi connectivity index (χ4n) is 2.65. The molecule has 2 aromatic rings. The topological polar surface area (TPSA) is 101 Å². The summed E-state index contributed by atoms with van der Waals surface area (Å²) in [4.78, 5) is 33.2. The highest BCUT2D eigenvalue weighted by molar-refractivity contribution is 6.34. The molecule has 9 heteroatoms. The summed E-state index contributed by atoms with van der Waals surface area (Å²) >= 11 is 5.96. The van der Waals surface area contributed by atoms with E-state index >= 15 is 0 Å². The molecule has 8 nitrogen and oxygen atoms in total. The summed E-state index contributed by atoms with van der Waals surface area (Å²) in [5.41, 5.74) is 0.00571. The first kappa shape index (κ1) is 17.1. The molecule has 0 spiro atoms. The normalized spacial score (nSPS) is 13.7. The minimum atomic E-state index is -0.564. The summed E-state index contributed by atoms with van der Waals surface area (Å²) in [6, 6.07) is 5.58. The number of nitro groups is 1. The first-order valence-corrected chi connectivity index (χ1v) is 8.21. The number of rotatable bonds is 5. The lowest BCUT2D eigenvalue weighted by molar-refractivity contribution is -0.384. The maximum atomic E-state index is 12.2. The number of hydrogen-bond donors (Lipinski definition) is 1. The van der Waals surface area contributed by atoms with Gasteiger partial charge in [-0.3, -0.25) is 14.9 Å². The molecule has 25 heavy (non-hydrogen) atoms. The zero-order valence-electron chi connectivity index (χ0n) is 13.3. The Morgan fingerprint density at radius 2 is 2.08 bits per heavy atom. The van der Waals surface area contributed by atoms with E-state index in [2.05, 4.69) is 20.2 Å². The minimum absolute atomic E-state index is 0.0263. The third-order valence-corrected chi connectivity index (χ3v) is 4.25. The number of benzene rings is 1. The van der Waals surface area contributed by atoms with Crippen molar-refractivity contribution in [2.75, 3.05) is 18.0 Å².